The topological polar surface area (TPSA) is 43.4 Å². The van der Waals surface area contributed by atoms with Gasteiger partial charge in [-0.05, 0) is 12.8 Å². The van der Waals surface area contributed by atoms with Gasteiger partial charge in [0, 0.05) is 12.8 Å². The number of rotatable bonds is 36. The third kappa shape index (κ3) is 34.0. The molecule has 0 aromatic carbocycles. The molecular formula is C40H80NO3+. The van der Waals surface area contributed by atoms with Gasteiger partial charge in [-0.2, -0.15) is 0 Å². The van der Waals surface area contributed by atoms with Crippen LogP contribution in [0.3, 0.4) is 0 Å². The lowest BCUT2D eigenvalue weighted by atomic mass is 10.0. The highest BCUT2D eigenvalue weighted by molar-refractivity contribution is 5.78. The van der Waals surface area contributed by atoms with Crippen LogP contribution in [-0.2, 0) is 14.3 Å². The van der Waals surface area contributed by atoms with Crippen LogP contribution in [0, 0.1) is 0 Å². The van der Waals surface area contributed by atoms with E-state index in [9.17, 15) is 9.59 Å². The summed E-state index contributed by atoms with van der Waals surface area (Å²) in [6.45, 7) is 6.62. The van der Waals surface area contributed by atoms with Crippen LogP contribution >= 0.6 is 0 Å². The fourth-order valence-corrected chi connectivity index (χ4v) is 6.12. The van der Waals surface area contributed by atoms with Gasteiger partial charge in [-0.15, -0.1) is 0 Å². The Bertz CT molecular complexity index is 618. The first kappa shape index (κ1) is 43.1. The van der Waals surface area contributed by atoms with Gasteiger partial charge in [0.05, 0.1) is 27.1 Å². The molecule has 0 aromatic heterocycles. The second-order valence-corrected chi connectivity index (χ2v) is 14.6. The number of hydrogen-bond donors (Lipinski definition) is 0. The van der Waals surface area contributed by atoms with E-state index in [1.807, 2.05) is 0 Å². The number of nitrogens with zero attached hydrogens (tertiary/aromatic N) is 1. The van der Waals surface area contributed by atoms with Crippen molar-refractivity contribution >= 4 is 11.8 Å². The van der Waals surface area contributed by atoms with E-state index in [0.717, 1.165) is 43.3 Å². The Hall–Kier alpha value is -0.900. The van der Waals surface area contributed by atoms with Crippen LogP contribution in [0.15, 0.2) is 0 Å². The maximum Gasteiger partial charge on any atom is 0.305 e. The highest BCUT2D eigenvalue weighted by Gasteiger charge is 2.18. The first-order valence-electron chi connectivity index (χ1n) is 19.9. The smallest absolute Gasteiger partial charge is 0.305 e. The normalized spacial score (nSPS) is 11.7. The Balaban J connectivity index is 3.50. The van der Waals surface area contributed by atoms with Gasteiger partial charge in [0.1, 0.15) is 18.9 Å². The number of esters is 1. The van der Waals surface area contributed by atoms with Gasteiger partial charge < -0.3 is 9.22 Å². The number of carbonyl (C=O) groups excluding carboxylic acids is 2. The highest BCUT2D eigenvalue weighted by atomic mass is 16.5. The number of Topliss-reactive ketones (excluding diaryl/α,β-unsaturated/α-hetero) is 1. The number of likely N-dealkylation sites (N-methyl/N-ethyl adjacent to an activating group) is 1. The van der Waals surface area contributed by atoms with E-state index in [1.165, 1.54) is 161 Å². The third-order valence-corrected chi connectivity index (χ3v) is 9.50. The summed E-state index contributed by atoms with van der Waals surface area (Å²) in [7, 11) is 4.28. The maximum atomic E-state index is 12.4. The van der Waals surface area contributed by atoms with Gasteiger partial charge in [-0.25, -0.2) is 0 Å². The summed E-state index contributed by atoms with van der Waals surface area (Å²) < 4.78 is 6.25. The van der Waals surface area contributed by atoms with Crippen molar-refractivity contribution in [3.63, 3.8) is 0 Å². The molecule has 0 aromatic rings. The zero-order valence-electron chi connectivity index (χ0n) is 30.7. The van der Waals surface area contributed by atoms with Gasteiger partial charge in [0.15, 0.2) is 0 Å². The monoisotopic (exact) mass is 623 g/mol. The van der Waals surface area contributed by atoms with Gasteiger partial charge in [-0.3, -0.25) is 9.59 Å². The van der Waals surface area contributed by atoms with E-state index >= 15 is 0 Å². The molecule has 262 valence electrons. The van der Waals surface area contributed by atoms with Gasteiger partial charge in [0.2, 0.25) is 0 Å². The summed E-state index contributed by atoms with van der Waals surface area (Å²) >= 11 is 0. The average Bonchev–Trinajstić information content (AvgIpc) is 3.00. The van der Waals surface area contributed by atoms with Crippen molar-refractivity contribution in [1.29, 1.82) is 0 Å². The van der Waals surface area contributed by atoms with E-state index in [4.69, 9.17) is 4.74 Å². The van der Waals surface area contributed by atoms with Crippen molar-refractivity contribution in [3.8, 4) is 0 Å². The molecule has 4 heteroatoms. The molecule has 4 nitrogen and oxygen atoms in total. The zero-order chi connectivity index (χ0) is 32.4. The van der Waals surface area contributed by atoms with Gasteiger partial charge in [-0.1, -0.05) is 181 Å². The molecule has 0 bridgehead atoms. The lowest BCUT2D eigenvalue weighted by Crippen LogP contribution is -2.44. The predicted octanol–water partition coefficient (Wildman–Crippen LogP) is 12.3. The molecule has 0 atom stereocenters. The Labute approximate surface area is 276 Å². The molecule has 0 N–H and O–H groups in total. The summed E-state index contributed by atoms with van der Waals surface area (Å²) in [6.07, 6.45) is 39.3. The van der Waals surface area contributed by atoms with Crippen LogP contribution in [0.4, 0.5) is 0 Å². The second kappa shape index (κ2) is 33.5. The summed E-state index contributed by atoms with van der Waals surface area (Å²) in [6, 6.07) is 0. The molecule has 0 saturated carbocycles. The van der Waals surface area contributed by atoms with Crippen LogP contribution in [0.1, 0.15) is 213 Å². The van der Waals surface area contributed by atoms with Crippen molar-refractivity contribution in [2.45, 2.75) is 213 Å². The van der Waals surface area contributed by atoms with Crippen LogP contribution in [-0.4, -0.2) is 50.0 Å². The van der Waals surface area contributed by atoms with Crippen molar-refractivity contribution in [3.05, 3.63) is 0 Å². The van der Waals surface area contributed by atoms with E-state index in [-0.39, 0.29) is 5.97 Å². The summed E-state index contributed by atoms with van der Waals surface area (Å²) in [5.41, 5.74) is 0. The standard InChI is InChI=1S/C40H80NO3/c1-5-7-9-11-13-15-17-19-20-22-23-25-27-29-31-33-39(42)35-36-41(3,4)37-38-44-40(43)34-32-30-28-26-24-21-18-16-14-12-10-8-6-2/h5-38H2,1-4H3/q+1. The van der Waals surface area contributed by atoms with E-state index in [0.29, 0.717) is 25.2 Å². The first-order valence-corrected chi connectivity index (χ1v) is 19.9. The Morgan fingerprint density at radius 1 is 0.409 bits per heavy atom. The van der Waals surface area contributed by atoms with Crippen molar-refractivity contribution in [2.75, 3.05) is 33.8 Å². The number of ketones is 1. The first-order chi connectivity index (χ1) is 21.4. The van der Waals surface area contributed by atoms with Crippen LogP contribution < -0.4 is 0 Å². The fraction of sp³-hybridized carbons (Fsp3) is 0.950. The number of unbranched alkanes of at least 4 members (excludes halogenated alkanes) is 26. The lowest BCUT2D eigenvalue weighted by molar-refractivity contribution is -0.889. The molecule has 0 aliphatic heterocycles. The highest BCUT2D eigenvalue weighted by Crippen LogP contribution is 2.15. The largest absolute Gasteiger partial charge is 0.460 e. The molecule has 44 heavy (non-hydrogen) atoms. The fourth-order valence-electron chi connectivity index (χ4n) is 6.12. The molecule has 0 fully saturated rings. The second-order valence-electron chi connectivity index (χ2n) is 14.6. The Kier molecular flexibility index (Phi) is 32.8. The number of carbonyl (C=O) groups is 2. The van der Waals surface area contributed by atoms with Crippen LogP contribution in [0.5, 0.6) is 0 Å². The summed E-state index contributed by atoms with van der Waals surface area (Å²) in [4.78, 5) is 24.5. The molecule has 0 aliphatic carbocycles. The quantitative estimate of drug-likeness (QED) is 0.0396. The molecule has 0 aliphatic rings. The predicted molar refractivity (Wildman–Crippen MR) is 192 cm³/mol. The van der Waals surface area contributed by atoms with Crippen LogP contribution in [0.2, 0.25) is 0 Å². The molecule has 0 unspecified atom stereocenters. The number of hydrogen-bond acceptors (Lipinski definition) is 3. The molecule has 0 radical (unpaired) electrons. The molecule has 0 heterocycles. The SMILES string of the molecule is CCCCCCCCCCCCCCCCCC(=O)CC[N+](C)(C)CCOC(=O)CCCCCCCCCCCCCCC. The maximum absolute atomic E-state index is 12.4. The minimum atomic E-state index is -0.0580. The van der Waals surface area contributed by atoms with E-state index in [2.05, 4.69) is 27.9 Å². The molecule has 0 saturated heterocycles. The molecular weight excluding hydrogens is 542 g/mol. The number of quaternary nitrogens is 1. The van der Waals surface area contributed by atoms with Crippen molar-refractivity contribution in [1.82, 2.24) is 0 Å². The lowest BCUT2D eigenvalue weighted by Gasteiger charge is -2.29. The molecule has 0 spiro atoms. The minimum absolute atomic E-state index is 0.0580. The Morgan fingerprint density at radius 3 is 1.09 bits per heavy atom. The number of ether oxygens (including phenoxy) is 1. The van der Waals surface area contributed by atoms with Crippen molar-refractivity contribution in [2.24, 2.45) is 0 Å². The summed E-state index contributed by atoms with van der Waals surface area (Å²) in [5, 5.41) is 0. The van der Waals surface area contributed by atoms with Crippen molar-refractivity contribution < 1.29 is 18.8 Å². The third-order valence-electron chi connectivity index (χ3n) is 9.50. The minimum Gasteiger partial charge on any atom is -0.460 e. The van der Waals surface area contributed by atoms with Gasteiger partial charge >= 0.3 is 5.97 Å². The van der Waals surface area contributed by atoms with Crippen LogP contribution in [0.25, 0.3) is 0 Å². The summed E-state index contributed by atoms with van der Waals surface area (Å²) in [5.74, 6) is 0.336. The van der Waals surface area contributed by atoms with E-state index < -0.39 is 0 Å². The average molecular weight is 623 g/mol. The zero-order valence-corrected chi connectivity index (χ0v) is 30.7. The van der Waals surface area contributed by atoms with Gasteiger partial charge in [0.25, 0.3) is 0 Å². The Morgan fingerprint density at radius 2 is 0.727 bits per heavy atom. The molecule has 0 rings (SSSR count). The van der Waals surface area contributed by atoms with E-state index in [1.54, 1.807) is 0 Å². The molecule has 0 amide bonds.